The third-order valence-corrected chi connectivity index (χ3v) is 4.21. The smallest absolute Gasteiger partial charge is 0.269 e. The van der Waals surface area contributed by atoms with Crippen molar-refractivity contribution in [2.45, 2.75) is 6.42 Å². The van der Waals surface area contributed by atoms with Gasteiger partial charge in [-0.25, -0.2) is 5.01 Å². The minimum absolute atomic E-state index is 0.145. The van der Waals surface area contributed by atoms with Crippen molar-refractivity contribution >= 4 is 17.1 Å². The number of nitrogens with zero attached hydrogens (tertiary/aromatic N) is 2. The van der Waals surface area contributed by atoms with E-state index in [1.54, 1.807) is 18.2 Å². The normalized spacial score (nSPS) is 16.5. The summed E-state index contributed by atoms with van der Waals surface area (Å²) >= 11 is 0. The second-order valence-corrected chi connectivity index (χ2v) is 5.82. The van der Waals surface area contributed by atoms with Gasteiger partial charge >= 0.3 is 0 Å². The van der Waals surface area contributed by atoms with Crippen LogP contribution < -0.4 is 10.7 Å². The number of nitro benzene ring substituents is 1. The number of hydrazine groups is 1. The Hall–Kier alpha value is -2.86. The number of rotatable bonds is 3. The van der Waals surface area contributed by atoms with E-state index < -0.39 is 0 Å². The third kappa shape index (κ3) is 2.64. The van der Waals surface area contributed by atoms with Crippen LogP contribution in [0.15, 0.2) is 59.8 Å². The molecule has 6 nitrogen and oxygen atoms in total. The highest BCUT2D eigenvalue weighted by Crippen LogP contribution is 2.33. The third-order valence-electron chi connectivity index (χ3n) is 4.21. The summed E-state index contributed by atoms with van der Waals surface area (Å²) in [4.78, 5) is 10.6. The van der Waals surface area contributed by atoms with Crippen molar-refractivity contribution in [1.29, 1.82) is 0 Å². The van der Waals surface area contributed by atoms with E-state index in [0.29, 0.717) is 0 Å². The standard InChI is InChI=1S/C17H16N4O2/c22-21(23)15-6-7-16-12(9-15)8-13-10-20(11-17(13)18-16)19-14-4-2-1-3-5-14/h1-7,9,18-19H,8,10-11H2. The minimum atomic E-state index is -0.345. The first-order valence-corrected chi connectivity index (χ1v) is 7.51. The highest BCUT2D eigenvalue weighted by Gasteiger charge is 2.27. The number of non-ortho nitro benzene ring substituents is 1. The molecule has 116 valence electrons. The maximum Gasteiger partial charge on any atom is 0.269 e. The Morgan fingerprint density at radius 1 is 1.13 bits per heavy atom. The molecule has 23 heavy (non-hydrogen) atoms. The number of benzene rings is 2. The van der Waals surface area contributed by atoms with Crippen LogP contribution in [0.25, 0.3) is 0 Å². The maximum absolute atomic E-state index is 10.9. The van der Waals surface area contributed by atoms with Crippen molar-refractivity contribution in [3.63, 3.8) is 0 Å². The Morgan fingerprint density at radius 2 is 1.96 bits per heavy atom. The summed E-state index contributed by atoms with van der Waals surface area (Å²) in [5.41, 5.74) is 9.02. The molecule has 0 aliphatic carbocycles. The average Bonchev–Trinajstić information content (AvgIpc) is 2.93. The lowest BCUT2D eigenvalue weighted by Crippen LogP contribution is -2.28. The molecule has 0 saturated heterocycles. The second-order valence-electron chi connectivity index (χ2n) is 5.82. The largest absolute Gasteiger partial charge is 0.358 e. The Kier molecular flexibility index (Phi) is 3.24. The number of fused-ring (bicyclic) bond motifs is 1. The van der Waals surface area contributed by atoms with Gasteiger partial charge in [-0.3, -0.25) is 10.1 Å². The molecule has 2 N–H and O–H groups in total. The molecular weight excluding hydrogens is 292 g/mol. The number of anilines is 2. The lowest BCUT2D eigenvalue weighted by atomic mass is 9.98. The monoisotopic (exact) mass is 308 g/mol. The van der Waals surface area contributed by atoms with Gasteiger partial charge in [0.15, 0.2) is 0 Å². The highest BCUT2D eigenvalue weighted by molar-refractivity contribution is 5.64. The van der Waals surface area contributed by atoms with Gasteiger partial charge in [0.25, 0.3) is 5.69 Å². The van der Waals surface area contributed by atoms with E-state index in [-0.39, 0.29) is 10.6 Å². The summed E-state index contributed by atoms with van der Waals surface area (Å²) in [6.07, 6.45) is 0.756. The van der Waals surface area contributed by atoms with Crippen molar-refractivity contribution in [2.75, 3.05) is 23.8 Å². The fourth-order valence-electron chi connectivity index (χ4n) is 3.10. The number of hydrogen-bond donors (Lipinski definition) is 2. The number of nitro groups is 1. The van der Waals surface area contributed by atoms with Crippen LogP contribution in [-0.2, 0) is 6.42 Å². The van der Waals surface area contributed by atoms with Crippen LogP contribution >= 0.6 is 0 Å². The van der Waals surface area contributed by atoms with Crippen LogP contribution in [0.5, 0.6) is 0 Å². The van der Waals surface area contributed by atoms with Gasteiger partial charge in [0.1, 0.15) is 0 Å². The van der Waals surface area contributed by atoms with Gasteiger partial charge in [0, 0.05) is 35.7 Å². The van der Waals surface area contributed by atoms with Gasteiger partial charge in [-0.1, -0.05) is 18.2 Å². The van der Waals surface area contributed by atoms with E-state index >= 15 is 0 Å². The Morgan fingerprint density at radius 3 is 2.74 bits per heavy atom. The fourth-order valence-corrected chi connectivity index (χ4v) is 3.10. The first-order chi connectivity index (χ1) is 11.2. The van der Waals surface area contributed by atoms with E-state index in [9.17, 15) is 10.1 Å². The summed E-state index contributed by atoms with van der Waals surface area (Å²) in [6, 6.07) is 15.1. The molecular formula is C17H16N4O2. The minimum Gasteiger partial charge on any atom is -0.358 e. The number of nitrogens with one attached hydrogen (secondary N) is 2. The molecule has 0 aromatic heterocycles. The van der Waals surface area contributed by atoms with Crippen molar-refractivity contribution in [3.8, 4) is 0 Å². The summed E-state index contributed by atoms with van der Waals surface area (Å²) in [7, 11) is 0. The lowest BCUT2D eigenvalue weighted by molar-refractivity contribution is -0.384. The summed E-state index contributed by atoms with van der Waals surface area (Å²) in [5, 5.41) is 16.5. The predicted molar refractivity (Wildman–Crippen MR) is 89.1 cm³/mol. The predicted octanol–water partition coefficient (Wildman–Crippen LogP) is 3.16. The first-order valence-electron chi connectivity index (χ1n) is 7.51. The molecule has 2 heterocycles. The van der Waals surface area contributed by atoms with Crippen LogP contribution in [0.4, 0.5) is 17.1 Å². The highest BCUT2D eigenvalue weighted by atomic mass is 16.6. The van der Waals surface area contributed by atoms with Crippen LogP contribution in [0, 0.1) is 10.1 Å². The quantitative estimate of drug-likeness (QED) is 0.673. The van der Waals surface area contributed by atoms with Gasteiger partial charge < -0.3 is 10.7 Å². The van der Waals surface area contributed by atoms with Crippen molar-refractivity contribution < 1.29 is 4.92 Å². The van der Waals surface area contributed by atoms with Crippen LogP contribution in [-0.4, -0.2) is 23.0 Å². The molecule has 0 unspecified atom stereocenters. The zero-order valence-electron chi connectivity index (χ0n) is 12.5. The fraction of sp³-hybridized carbons (Fsp3) is 0.176. The van der Waals surface area contributed by atoms with Crippen LogP contribution in [0.2, 0.25) is 0 Å². The van der Waals surface area contributed by atoms with E-state index in [4.69, 9.17) is 0 Å². The summed E-state index contributed by atoms with van der Waals surface area (Å²) in [6.45, 7) is 1.60. The molecule has 2 aliphatic rings. The zero-order valence-corrected chi connectivity index (χ0v) is 12.5. The van der Waals surface area contributed by atoms with E-state index in [0.717, 1.165) is 36.4 Å². The molecule has 2 aromatic rings. The number of para-hydroxylation sites is 1. The Bertz CT molecular complexity index is 801. The van der Waals surface area contributed by atoms with E-state index in [2.05, 4.69) is 15.8 Å². The Labute approximate surface area is 133 Å². The molecule has 0 radical (unpaired) electrons. The molecule has 4 rings (SSSR count). The summed E-state index contributed by atoms with van der Waals surface area (Å²) < 4.78 is 0. The van der Waals surface area contributed by atoms with Crippen LogP contribution in [0.3, 0.4) is 0 Å². The van der Waals surface area contributed by atoms with Crippen LogP contribution in [0.1, 0.15) is 5.56 Å². The van der Waals surface area contributed by atoms with Gasteiger partial charge in [-0.05, 0) is 35.8 Å². The molecule has 0 spiro atoms. The maximum atomic E-state index is 10.9. The topological polar surface area (TPSA) is 70.4 Å². The zero-order chi connectivity index (χ0) is 15.8. The molecule has 0 saturated carbocycles. The molecule has 2 aromatic carbocycles. The van der Waals surface area contributed by atoms with E-state index in [1.807, 2.05) is 30.3 Å². The molecule has 0 atom stereocenters. The van der Waals surface area contributed by atoms with Crippen molar-refractivity contribution in [3.05, 3.63) is 75.5 Å². The summed E-state index contributed by atoms with van der Waals surface area (Å²) in [5.74, 6) is 0. The molecule has 2 aliphatic heterocycles. The first kappa shape index (κ1) is 13.8. The average molecular weight is 308 g/mol. The van der Waals surface area contributed by atoms with Gasteiger partial charge in [0.05, 0.1) is 11.5 Å². The Balaban J connectivity index is 1.50. The van der Waals surface area contributed by atoms with Crippen molar-refractivity contribution in [2.24, 2.45) is 0 Å². The van der Waals surface area contributed by atoms with E-state index in [1.165, 1.54) is 11.3 Å². The van der Waals surface area contributed by atoms with Crippen molar-refractivity contribution in [1.82, 2.24) is 5.01 Å². The molecule has 6 heteroatoms. The number of hydrogen-bond acceptors (Lipinski definition) is 5. The second kappa shape index (κ2) is 5.40. The van der Waals surface area contributed by atoms with Gasteiger partial charge in [-0.15, -0.1) is 0 Å². The SMILES string of the molecule is O=[N+]([O-])c1ccc2c(c1)CC1=C(CN(Nc3ccccc3)C1)N2. The molecule has 0 fully saturated rings. The molecule has 0 bridgehead atoms. The van der Waals surface area contributed by atoms with Gasteiger partial charge in [-0.2, -0.15) is 0 Å². The lowest BCUT2D eigenvalue weighted by Gasteiger charge is -2.19. The molecule has 0 amide bonds. The van der Waals surface area contributed by atoms with Gasteiger partial charge in [0.2, 0.25) is 0 Å².